The number of carbonyl (C=O) groups excluding carboxylic acids is 1. The third kappa shape index (κ3) is 3.75. The summed E-state index contributed by atoms with van der Waals surface area (Å²) < 4.78 is 0. The van der Waals surface area contributed by atoms with Crippen molar-refractivity contribution in [2.45, 2.75) is 52.0 Å². The minimum Gasteiger partial charge on any atom is -0.359 e. The maximum Gasteiger partial charge on any atom is 0.273 e. The Bertz CT molecular complexity index is 937. The van der Waals surface area contributed by atoms with Crippen LogP contribution in [0.1, 0.15) is 60.8 Å². The van der Waals surface area contributed by atoms with Crippen molar-refractivity contribution < 1.29 is 4.79 Å². The number of aromatic amines is 1. The second-order valence-corrected chi connectivity index (χ2v) is 7.74. The fourth-order valence-electron chi connectivity index (χ4n) is 3.73. The van der Waals surface area contributed by atoms with E-state index in [-0.39, 0.29) is 5.91 Å². The number of H-pyrrole nitrogens is 1. The summed E-state index contributed by atoms with van der Waals surface area (Å²) >= 11 is 0. The zero-order valence-corrected chi connectivity index (χ0v) is 16.5. The molecule has 7 nitrogen and oxygen atoms in total. The lowest BCUT2D eigenvalue weighted by Crippen LogP contribution is -2.19. The van der Waals surface area contributed by atoms with Gasteiger partial charge in [0.15, 0.2) is 0 Å². The number of aromatic nitrogens is 3. The first-order chi connectivity index (χ1) is 13.5. The molecule has 3 N–H and O–H groups in total. The van der Waals surface area contributed by atoms with Crippen molar-refractivity contribution in [3.8, 4) is 0 Å². The Morgan fingerprint density at radius 3 is 2.86 bits per heavy atom. The van der Waals surface area contributed by atoms with E-state index in [1.807, 2.05) is 6.08 Å². The number of hydrazone groups is 1. The molecular formula is C21H26N6O. The van der Waals surface area contributed by atoms with E-state index >= 15 is 0 Å². The number of aryl methyl sites for hydroxylation is 1. The Morgan fingerprint density at radius 2 is 2.18 bits per heavy atom. The molecule has 0 spiro atoms. The average molecular weight is 378 g/mol. The molecule has 0 unspecified atom stereocenters. The van der Waals surface area contributed by atoms with Gasteiger partial charge < -0.3 is 10.3 Å². The first-order valence-electron chi connectivity index (χ1n) is 9.85. The van der Waals surface area contributed by atoms with Gasteiger partial charge in [0.2, 0.25) is 0 Å². The maximum absolute atomic E-state index is 12.4. The van der Waals surface area contributed by atoms with Crippen LogP contribution >= 0.6 is 0 Å². The smallest absolute Gasteiger partial charge is 0.273 e. The first-order valence-corrected chi connectivity index (χ1v) is 9.85. The molecule has 1 aliphatic carbocycles. The van der Waals surface area contributed by atoms with Gasteiger partial charge in [-0.3, -0.25) is 4.79 Å². The van der Waals surface area contributed by atoms with Gasteiger partial charge in [-0.2, -0.15) is 5.10 Å². The van der Waals surface area contributed by atoms with Crippen molar-refractivity contribution in [3.63, 3.8) is 0 Å². The molecule has 1 aliphatic heterocycles. The van der Waals surface area contributed by atoms with Crippen LogP contribution in [0.2, 0.25) is 0 Å². The van der Waals surface area contributed by atoms with Crippen molar-refractivity contribution in [1.82, 2.24) is 25.7 Å². The molecule has 7 heteroatoms. The normalized spacial score (nSPS) is 18.1. The number of hydrogen-bond acceptors (Lipinski definition) is 5. The Morgan fingerprint density at radius 1 is 1.36 bits per heavy atom. The second-order valence-electron chi connectivity index (χ2n) is 7.74. The molecule has 146 valence electrons. The first kappa shape index (κ1) is 18.6. The van der Waals surface area contributed by atoms with E-state index in [0.717, 1.165) is 24.4 Å². The molecule has 1 fully saturated rings. The number of rotatable bonds is 7. The lowest BCUT2D eigenvalue weighted by molar-refractivity contribution is -0.116. The lowest BCUT2D eigenvalue weighted by Gasteiger charge is -2.11. The fraction of sp³-hybridized carbons (Fsp3) is 0.429. The predicted octanol–water partition coefficient (Wildman–Crippen LogP) is 2.45. The van der Waals surface area contributed by atoms with Gasteiger partial charge in [-0.25, -0.2) is 15.4 Å². The van der Waals surface area contributed by atoms with Crippen molar-refractivity contribution in [2.75, 3.05) is 6.54 Å². The molecule has 3 heterocycles. The van der Waals surface area contributed by atoms with Crippen molar-refractivity contribution in [1.29, 1.82) is 0 Å². The number of carbonyl (C=O) groups is 1. The monoisotopic (exact) mass is 378 g/mol. The van der Waals surface area contributed by atoms with Gasteiger partial charge in [-0.1, -0.05) is 13.8 Å². The van der Waals surface area contributed by atoms with Gasteiger partial charge in [0, 0.05) is 23.6 Å². The number of nitrogens with one attached hydrogen (secondary N) is 3. The van der Waals surface area contributed by atoms with Gasteiger partial charge in [0.1, 0.15) is 12.0 Å². The van der Waals surface area contributed by atoms with Crippen LogP contribution in [-0.2, 0) is 11.2 Å². The molecule has 4 rings (SSSR count). The molecule has 0 radical (unpaired) electrons. The summed E-state index contributed by atoms with van der Waals surface area (Å²) in [5.41, 5.74) is 9.00. The molecule has 0 aromatic carbocycles. The Labute approximate surface area is 164 Å². The Balaban J connectivity index is 1.67. The van der Waals surface area contributed by atoms with E-state index < -0.39 is 0 Å². The number of amides is 1. The highest BCUT2D eigenvalue weighted by Gasteiger charge is 2.27. The lowest BCUT2D eigenvalue weighted by atomic mass is 9.94. The average Bonchev–Trinajstić information content (AvgIpc) is 3.36. The topological polar surface area (TPSA) is 95.1 Å². The predicted molar refractivity (Wildman–Crippen MR) is 109 cm³/mol. The molecule has 2 aliphatic rings. The zero-order chi connectivity index (χ0) is 19.7. The summed E-state index contributed by atoms with van der Waals surface area (Å²) in [6.07, 6.45) is 8.58. The highest BCUT2D eigenvalue weighted by Crippen LogP contribution is 2.30. The summed E-state index contributed by atoms with van der Waals surface area (Å²) in [7, 11) is 0. The molecule has 0 atom stereocenters. The summed E-state index contributed by atoms with van der Waals surface area (Å²) in [6.45, 7) is 7.47. The quantitative estimate of drug-likeness (QED) is 0.645. The van der Waals surface area contributed by atoms with Gasteiger partial charge in [0.05, 0.1) is 11.3 Å². The SMILES string of the molecule is Cc1[nH]c(/C=C2/C(=O)NN=C2c2ccncn2)c(C(C)C)c1CCNC1CC1. The summed E-state index contributed by atoms with van der Waals surface area (Å²) in [5, 5.41) is 7.77. The van der Waals surface area contributed by atoms with Crippen molar-refractivity contribution in [2.24, 2.45) is 5.10 Å². The standard InChI is InChI=1S/C21H26N6O/c1-12(2)19-15(6-9-23-14-4-5-14)13(3)25-18(19)10-16-20(26-27-21(16)28)17-7-8-22-11-24-17/h7-8,10-12,14,23,25H,4-6,9H2,1-3H3,(H,27,28)/b16-10+. The van der Waals surface area contributed by atoms with E-state index in [2.05, 4.69) is 51.6 Å². The minimum atomic E-state index is -0.215. The minimum absolute atomic E-state index is 0.215. The molecule has 0 bridgehead atoms. The molecule has 1 saturated carbocycles. The van der Waals surface area contributed by atoms with Crippen molar-refractivity contribution in [3.05, 3.63) is 52.4 Å². The Kier molecular flexibility index (Phi) is 5.09. The second kappa shape index (κ2) is 7.67. The summed E-state index contributed by atoms with van der Waals surface area (Å²) in [6, 6.07) is 2.46. The molecule has 1 amide bonds. The van der Waals surface area contributed by atoms with Crippen LogP contribution in [-0.4, -0.2) is 39.2 Å². The number of hydrogen-bond donors (Lipinski definition) is 3. The van der Waals surface area contributed by atoms with E-state index in [1.54, 1.807) is 12.3 Å². The molecular weight excluding hydrogens is 352 g/mol. The number of nitrogens with zero attached hydrogens (tertiary/aromatic N) is 3. The fourth-order valence-corrected chi connectivity index (χ4v) is 3.73. The van der Waals surface area contributed by atoms with Gasteiger partial charge >= 0.3 is 0 Å². The maximum atomic E-state index is 12.4. The van der Waals surface area contributed by atoms with Crippen LogP contribution in [0.25, 0.3) is 6.08 Å². The van der Waals surface area contributed by atoms with E-state index in [0.29, 0.717) is 28.9 Å². The summed E-state index contributed by atoms with van der Waals surface area (Å²) in [4.78, 5) is 24.1. The molecule has 28 heavy (non-hydrogen) atoms. The molecule has 0 saturated heterocycles. The van der Waals surface area contributed by atoms with Crippen LogP contribution in [0.5, 0.6) is 0 Å². The van der Waals surface area contributed by atoms with Gasteiger partial charge in [-0.15, -0.1) is 0 Å². The molecule has 2 aromatic heterocycles. The Hall–Kier alpha value is -2.80. The van der Waals surface area contributed by atoms with Crippen LogP contribution in [0.3, 0.4) is 0 Å². The molecule has 2 aromatic rings. The highest BCUT2D eigenvalue weighted by molar-refractivity contribution is 6.32. The van der Waals surface area contributed by atoms with Crippen LogP contribution < -0.4 is 10.7 Å². The van der Waals surface area contributed by atoms with E-state index in [9.17, 15) is 4.79 Å². The summed E-state index contributed by atoms with van der Waals surface area (Å²) in [5.74, 6) is 0.129. The van der Waals surface area contributed by atoms with Crippen LogP contribution in [0.15, 0.2) is 29.3 Å². The van der Waals surface area contributed by atoms with E-state index in [4.69, 9.17) is 0 Å². The third-order valence-corrected chi connectivity index (χ3v) is 5.24. The van der Waals surface area contributed by atoms with E-state index in [1.165, 1.54) is 30.3 Å². The third-order valence-electron chi connectivity index (χ3n) is 5.24. The highest BCUT2D eigenvalue weighted by atomic mass is 16.2. The zero-order valence-electron chi connectivity index (χ0n) is 16.5. The largest absolute Gasteiger partial charge is 0.359 e. The van der Waals surface area contributed by atoms with Gasteiger partial charge in [0.25, 0.3) is 5.91 Å². The van der Waals surface area contributed by atoms with Gasteiger partial charge in [-0.05, 0) is 61.9 Å². The van der Waals surface area contributed by atoms with Crippen LogP contribution in [0, 0.1) is 6.92 Å². The van der Waals surface area contributed by atoms with Crippen molar-refractivity contribution >= 4 is 17.7 Å². The van der Waals surface area contributed by atoms with Crippen LogP contribution in [0.4, 0.5) is 0 Å².